The zero-order valence-electron chi connectivity index (χ0n) is 13.3. The largest absolute Gasteiger partial charge is 0.460 e. The van der Waals surface area contributed by atoms with Crippen molar-refractivity contribution in [2.45, 2.75) is 83.3 Å². The SMILES string of the molecule is CC1CCCCCCCCCC[C@@H](O)/C=C/C=C/C(=O)O1. The van der Waals surface area contributed by atoms with Crippen LogP contribution in [0, 0.1) is 0 Å². The first-order valence-electron chi connectivity index (χ1n) is 8.42. The molecule has 1 heterocycles. The summed E-state index contributed by atoms with van der Waals surface area (Å²) in [5, 5.41) is 9.77. The molecule has 0 aromatic rings. The molecule has 1 rings (SSSR count). The fraction of sp³-hybridized carbons (Fsp3) is 0.722. The summed E-state index contributed by atoms with van der Waals surface area (Å²) in [4.78, 5) is 11.6. The highest BCUT2D eigenvalue weighted by Gasteiger charge is 2.06. The number of allylic oxidation sites excluding steroid dienone is 2. The standard InChI is InChI=1S/C18H30O3/c1-16-12-8-6-4-2-3-5-7-9-13-17(19)14-10-11-15-18(20)21-16/h10-11,14-17,19H,2-9,12-13H2,1H3/b14-10+,15-11+/t16?,17-/m1/s1. The molecule has 0 aromatic carbocycles. The van der Waals surface area contributed by atoms with Crippen molar-refractivity contribution in [1.29, 1.82) is 0 Å². The summed E-state index contributed by atoms with van der Waals surface area (Å²) in [6.07, 6.45) is 17.6. The van der Waals surface area contributed by atoms with Gasteiger partial charge in [0.15, 0.2) is 0 Å². The predicted molar refractivity (Wildman–Crippen MR) is 86.0 cm³/mol. The van der Waals surface area contributed by atoms with Crippen LogP contribution in [0.15, 0.2) is 24.3 Å². The monoisotopic (exact) mass is 294 g/mol. The van der Waals surface area contributed by atoms with E-state index < -0.39 is 6.10 Å². The second-order valence-corrected chi connectivity index (χ2v) is 5.96. The Kier molecular flexibility index (Phi) is 9.88. The minimum Gasteiger partial charge on any atom is -0.460 e. The Balaban J connectivity index is 2.43. The summed E-state index contributed by atoms with van der Waals surface area (Å²) >= 11 is 0. The maximum Gasteiger partial charge on any atom is 0.331 e. The van der Waals surface area contributed by atoms with Crippen molar-refractivity contribution in [3.05, 3.63) is 24.3 Å². The van der Waals surface area contributed by atoms with Crippen LogP contribution in [0.1, 0.15) is 71.1 Å². The molecule has 0 bridgehead atoms. The van der Waals surface area contributed by atoms with Gasteiger partial charge in [-0.25, -0.2) is 4.79 Å². The van der Waals surface area contributed by atoms with Crippen molar-refractivity contribution in [3.8, 4) is 0 Å². The molecule has 21 heavy (non-hydrogen) atoms. The van der Waals surface area contributed by atoms with Gasteiger partial charge in [0.25, 0.3) is 0 Å². The Bertz CT molecular complexity index is 333. The first-order chi connectivity index (χ1) is 10.2. The molecule has 2 atom stereocenters. The van der Waals surface area contributed by atoms with Gasteiger partial charge in [-0.2, -0.15) is 0 Å². The van der Waals surface area contributed by atoms with E-state index in [1.165, 1.54) is 44.6 Å². The smallest absolute Gasteiger partial charge is 0.331 e. The summed E-state index contributed by atoms with van der Waals surface area (Å²) in [7, 11) is 0. The summed E-state index contributed by atoms with van der Waals surface area (Å²) in [5.41, 5.74) is 0. The summed E-state index contributed by atoms with van der Waals surface area (Å²) in [6, 6.07) is 0. The van der Waals surface area contributed by atoms with Gasteiger partial charge in [-0.15, -0.1) is 0 Å². The molecule has 0 fully saturated rings. The highest BCUT2D eigenvalue weighted by molar-refractivity contribution is 5.82. The molecule has 0 spiro atoms. The lowest BCUT2D eigenvalue weighted by atomic mass is 10.0. The number of aliphatic hydroxyl groups is 1. The molecular formula is C18H30O3. The number of carbonyl (C=O) groups excluding carboxylic acids is 1. The van der Waals surface area contributed by atoms with Crippen molar-refractivity contribution in [1.82, 2.24) is 0 Å². The van der Waals surface area contributed by atoms with E-state index in [9.17, 15) is 9.90 Å². The first-order valence-corrected chi connectivity index (χ1v) is 8.42. The predicted octanol–water partition coefficient (Wildman–Crippen LogP) is 4.31. The van der Waals surface area contributed by atoms with Gasteiger partial charge in [-0.05, 0) is 26.2 Å². The molecule has 0 saturated heterocycles. The van der Waals surface area contributed by atoms with E-state index in [1.54, 1.807) is 18.2 Å². The average Bonchev–Trinajstić information content (AvgIpc) is 2.44. The quantitative estimate of drug-likeness (QED) is 0.677. The van der Waals surface area contributed by atoms with Gasteiger partial charge in [0, 0.05) is 6.08 Å². The van der Waals surface area contributed by atoms with Crippen LogP contribution in [-0.4, -0.2) is 23.3 Å². The van der Waals surface area contributed by atoms with E-state index in [-0.39, 0.29) is 12.1 Å². The number of cyclic esters (lactones) is 1. The van der Waals surface area contributed by atoms with Crippen LogP contribution < -0.4 is 0 Å². The van der Waals surface area contributed by atoms with Crippen LogP contribution >= 0.6 is 0 Å². The molecule has 1 N–H and O–H groups in total. The molecule has 1 unspecified atom stereocenters. The Hall–Kier alpha value is -1.09. The van der Waals surface area contributed by atoms with Crippen LogP contribution in [0.3, 0.4) is 0 Å². The minimum absolute atomic E-state index is 0.0180. The number of esters is 1. The molecule has 1 aliphatic rings. The highest BCUT2D eigenvalue weighted by Crippen LogP contribution is 2.13. The normalized spacial score (nSPS) is 30.7. The van der Waals surface area contributed by atoms with Crippen LogP contribution in [0.25, 0.3) is 0 Å². The lowest BCUT2D eigenvalue weighted by Gasteiger charge is -2.11. The van der Waals surface area contributed by atoms with Gasteiger partial charge in [0.05, 0.1) is 12.2 Å². The van der Waals surface area contributed by atoms with E-state index in [1.807, 2.05) is 6.92 Å². The van der Waals surface area contributed by atoms with Crippen molar-refractivity contribution >= 4 is 5.97 Å². The molecule has 0 aromatic heterocycles. The molecule has 3 heteroatoms. The van der Waals surface area contributed by atoms with E-state index >= 15 is 0 Å². The molecule has 1 aliphatic heterocycles. The van der Waals surface area contributed by atoms with Crippen molar-refractivity contribution < 1.29 is 14.6 Å². The first kappa shape index (κ1) is 18.0. The zero-order chi connectivity index (χ0) is 15.3. The molecule has 0 aliphatic carbocycles. The molecule has 0 amide bonds. The summed E-state index contributed by atoms with van der Waals surface area (Å²) in [5.74, 6) is -0.303. The van der Waals surface area contributed by atoms with Gasteiger partial charge < -0.3 is 9.84 Å². The molecule has 3 nitrogen and oxygen atoms in total. The third-order valence-corrected chi connectivity index (χ3v) is 3.85. The number of carbonyl (C=O) groups is 1. The van der Waals surface area contributed by atoms with Crippen molar-refractivity contribution in [3.63, 3.8) is 0 Å². The molecular weight excluding hydrogens is 264 g/mol. The second kappa shape index (κ2) is 11.6. The lowest BCUT2D eigenvalue weighted by molar-refractivity contribution is -0.142. The van der Waals surface area contributed by atoms with Crippen LogP contribution in [-0.2, 0) is 9.53 Å². The second-order valence-electron chi connectivity index (χ2n) is 5.96. The third-order valence-electron chi connectivity index (χ3n) is 3.85. The van der Waals surface area contributed by atoms with Gasteiger partial charge >= 0.3 is 5.97 Å². The topological polar surface area (TPSA) is 46.5 Å². The van der Waals surface area contributed by atoms with Crippen LogP contribution in [0.2, 0.25) is 0 Å². The highest BCUT2D eigenvalue weighted by atomic mass is 16.5. The van der Waals surface area contributed by atoms with Crippen LogP contribution in [0.5, 0.6) is 0 Å². The Morgan fingerprint density at radius 3 is 2.19 bits per heavy atom. The molecule has 0 saturated carbocycles. The van der Waals surface area contributed by atoms with Crippen LogP contribution in [0.4, 0.5) is 0 Å². The lowest BCUT2D eigenvalue weighted by Crippen LogP contribution is -2.12. The Morgan fingerprint density at radius 1 is 0.952 bits per heavy atom. The maximum absolute atomic E-state index is 11.6. The van der Waals surface area contributed by atoms with E-state index in [4.69, 9.17) is 4.74 Å². The Labute approximate surface area is 129 Å². The fourth-order valence-corrected chi connectivity index (χ4v) is 2.57. The summed E-state index contributed by atoms with van der Waals surface area (Å²) in [6.45, 7) is 1.95. The molecule has 0 radical (unpaired) electrons. The average molecular weight is 294 g/mol. The van der Waals surface area contributed by atoms with Gasteiger partial charge in [-0.3, -0.25) is 0 Å². The Morgan fingerprint density at radius 2 is 1.52 bits per heavy atom. The summed E-state index contributed by atoms with van der Waals surface area (Å²) < 4.78 is 5.30. The van der Waals surface area contributed by atoms with Gasteiger partial charge in [0.1, 0.15) is 0 Å². The number of aliphatic hydroxyl groups excluding tert-OH is 1. The fourth-order valence-electron chi connectivity index (χ4n) is 2.57. The molecule has 120 valence electrons. The van der Waals surface area contributed by atoms with E-state index in [2.05, 4.69) is 0 Å². The van der Waals surface area contributed by atoms with E-state index in [0.717, 1.165) is 25.7 Å². The van der Waals surface area contributed by atoms with Crippen molar-refractivity contribution in [2.75, 3.05) is 0 Å². The maximum atomic E-state index is 11.6. The van der Waals surface area contributed by atoms with Crippen molar-refractivity contribution in [2.24, 2.45) is 0 Å². The number of hydrogen-bond acceptors (Lipinski definition) is 3. The number of ether oxygens (including phenoxy) is 1. The van der Waals surface area contributed by atoms with Gasteiger partial charge in [-0.1, -0.05) is 63.2 Å². The minimum atomic E-state index is -0.413. The zero-order valence-corrected chi connectivity index (χ0v) is 13.3. The van der Waals surface area contributed by atoms with Gasteiger partial charge in [0.2, 0.25) is 0 Å². The van der Waals surface area contributed by atoms with E-state index in [0.29, 0.717) is 0 Å². The third kappa shape index (κ3) is 10.3. The number of rotatable bonds is 0. The number of hydrogen-bond donors (Lipinski definition) is 1.